The molecule has 1 amide bonds. The summed E-state index contributed by atoms with van der Waals surface area (Å²) in [6.07, 6.45) is 6.42. The number of rotatable bonds is 9. The Balaban J connectivity index is 2.10. The molecule has 6 nitrogen and oxygen atoms in total. The van der Waals surface area contributed by atoms with Crippen LogP contribution in [0.25, 0.3) is 0 Å². The number of carbonyl (C=O) groups excluding carboxylic acids is 2. The number of hydrogen-bond acceptors (Lipinski definition) is 3. The van der Waals surface area contributed by atoms with E-state index in [2.05, 4.69) is 0 Å². The zero-order valence-electron chi connectivity index (χ0n) is 13.4. The summed E-state index contributed by atoms with van der Waals surface area (Å²) in [6, 6.07) is 0. The van der Waals surface area contributed by atoms with Crippen molar-refractivity contribution in [1.29, 1.82) is 0 Å². The van der Waals surface area contributed by atoms with Gasteiger partial charge >= 0.3 is 7.60 Å². The third-order valence-corrected chi connectivity index (χ3v) is 4.87. The van der Waals surface area contributed by atoms with E-state index in [9.17, 15) is 14.2 Å². The molecule has 1 atom stereocenters. The maximum atomic E-state index is 11.9. The predicted molar refractivity (Wildman–Crippen MR) is 84.6 cm³/mol. The van der Waals surface area contributed by atoms with Gasteiger partial charge in [-0.25, -0.2) is 0 Å². The molecule has 2 N–H and O–H groups in total. The van der Waals surface area contributed by atoms with Crippen molar-refractivity contribution < 1.29 is 23.9 Å². The first-order valence-electron chi connectivity index (χ1n) is 8.14. The molecule has 1 fully saturated rings. The first-order chi connectivity index (χ1) is 10.3. The summed E-state index contributed by atoms with van der Waals surface area (Å²) in [5.74, 6) is -0.478. The van der Waals surface area contributed by atoms with E-state index >= 15 is 0 Å². The highest BCUT2D eigenvalue weighted by atomic mass is 31.2. The minimum atomic E-state index is -4.25. The van der Waals surface area contributed by atoms with Crippen LogP contribution >= 0.6 is 7.60 Å². The summed E-state index contributed by atoms with van der Waals surface area (Å²) < 4.78 is 10.8. The Morgan fingerprint density at radius 2 is 1.73 bits per heavy atom. The average Bonchev–Trinajstić information content (AvgIpc) is 2.45. The number of hydrogen-bond donors (Lipinski definition) is 2. The van der Waals surface area contributed by atoms with Crippen LogP contribution in [0.2, 0.25) is 0 Å². The highest BCUT2D eigenvalue weighted by Gasteiger charge is 2.23. The molecule has 7 heteroatoms. The Hall–Kier alpha value is -0.710. The standard InChI is InChI=1S/C15H28NO5P/c1-13(14(17)12-22(19,20)21)8-4-2-5-9-15(18)16-10-6-3-7-11-16/h13H,2-12H2,1H3,(H2,19,20,21). The fraction of sp³-hybridized carbons (Fsp3) is 0.867. The fourth-order valence-corrected chi connectivity index (χ4v) is 3.44. The van der Waals surface area contributed by atoms with Gasteiger partial charge in [-0.15, -0.1) is 0 Å². The van der Waals surface area contributed by atoms with Gasteiger partial charge in [0.15, 0.2) is 0 Å². The topological polar surface area (TPSA) is 94.9 Å². The number of carbonyl (C=O) groups is 2. The lowest BCUT2D eigenvalue weighted by atomic mass is 9.99. The summed E-state index contributed by atoms with van der Waals surface area (Å²) in [4.78, 5) is 43.0. The quantitative estimate of drug-likeness (QED) is 0.499. The van der Waals surface area contributed by atoms with Crippen LogP contribution < -0.4 is 0 Å². The third kappa shape index (κ3) is 8.06. The number of Topliss-reactive ketones (excluding diaryl/α,β-unsaturated/α-hetero) is 1. The largest absolute Gasteiger partial charge is 0.343 e. The molecule has 1 saturated heterocycles. The van der Waals surface area contributed by atoms with Gasteiger partial charge in [-0.3, -0.25) is 14.2 Å². The van der Waals surface area contributed by atoms with Gasteiger partial charge in [0.1, 0.15) is 11.9 Å². The Kier molecular flexibility index (Phi) is 8.29. The van der Waals surface area contributed by atoms with E-state index in [0.717, 1.165) is 45.2 Å². The average molecular weight is 333 g/mol. The molecule has 0 bridgehead atoms. The second-order valence-corrected chi connectivity index (χ2v) is 7.88. The van der Waals surface area contributed by atoms with Crippen LogP contribution in [0.4, 0.5) is 0 Å². The van der Waals surface area contributed by atoms with E-state index in [1.165, 1.54) is 6.42 Å². The molecule has 0 spiro atoms. The highest BCUT2D eigenvalue weighted by molar-refractivity contribution is 7.52. The van der Waals surface area contributed by atoms with Crippen molar-refractivity contribution in [2.24, 2.45) is 5.92 Å². The number of amides is 1. The number of unbranched alkanes of at least 4 members (excludes halogenated alkanes) is 2. The van der Waals surface area contributed by atoms with Crippen LogP contribution in [0.5, 0.6) is 0 Å². The SMILES string of the molecule is CC(CCCCCC(=O)N1CCCCC1)C(=O)CP(=O)(O)O. The molecule has 0 aliphatic carbocycles. The lowest BCUT2D eigenvalue weighted by Crippen LogP contribution is -2.35. The second-order valence-electron chi connectivity index (χ2n) is 6.23. The highest BCUT2D eigenvalue weighted by Crippen LogP contribution is 2.35. The zero-order chi connectivity index (χ0) is 16.6. The van der Waals surface area contributed by atoms with Crippen molar-refractivity contribution in [1.82, 2.24) is 4.90 Å². The van der Waals surface area contributed by atoms with Crippen molar-refractivity contribution >= 4 is 19.3 Å². The molecule has 128 valence electrons. The lowest BCUT2D eigenvalue weighted by Gasteiger charge is -2.26. The van der Waals surface area contributed by atoms with Crippen LogP contribution in [0.1, 0.15) is 58.3 Å². The Bertz CT molecular complexity index is 414. The van der Waals surface area contributed by atoms with E-state index in [1.54, 1.807) is 6.92 Å². The monoisotopic (exact) mass is 333 g/mol. The smallest absolute Gasteiger partial charge is 0.332 e. The van der Waals surface area contributed by atoms with Crippen molar-refractivity contribution in [3.8, 4) is 0 Å². The molecule has 1 aliphatic heterocycles. The maximum absolute atomic E-state index is 11.9. The summed E-state index contributed by atoms with van der Waals surface area (Å²) in [5.41, 5.74) is 0. The summed E-state index contributed by atoms with van der Waals surface area (Å²) in [5, 5.41) is 0. The fourth-order valence-electron chi connectivity index (χ4n) is 2.72. The van der Waals surface area contributed by atoms with Gasteiger partial charge in [-0.2, -0.15) is 0 Å². The number of piperidine rings is 1. The van der Waals surface area contributed by atoms with E-state index in [1.807, 2.05) is 4.90 Å². The van der Waals surface area contributed by atoms with Gasteiger partial charge in [0.2, 0.25) is 5.91 Å². The normalized spacial score (nSPS) is 17.3. The molecular formula is C15H28NO5P. The molecule has 0 saturated carbocycles. The molecule has 0 aromatic carbocycles. The van der Waals surface area contributed by atoms with Crippen LogP contribution in [0.15, 0.2) is 0 Å². The van der Waals surface area contributed by atoms with Gasteiger partial charge < -0.3 is 14.7 Å². The number of nitrogens with zero attached hydrogens (tertiary/aromatic N) is 1. The van der Waals surface area contributed by atoms with Crippen molar-refractivity contribution in [3.05, 3.63) is 0 Å². The Morgan fingerprint density at radius 3 is 2.32 bits per heavy atom. The van der Waals surface area contributed by atoms with Gasteiger partial charge in [0.05, 0.1) is 0 Å². The number of ketones is 1. The van der Waals surface area contributed by atoms with Crippen LogP contribution in [-0.4, -0.2) is 45.6 Å². The van der Waals surface area contributed by atoms with Crippen molar-refractivity contribution in [3.63, 3.8) is 0 Å². The van der Waals surface area contributed by atoms with Crippen molar-refractivity contribution in [2.45, 2.75) is 58.3 Å². The van der Waals surface area contributed by atoms with Crippen LogP contribution in [0, 0.1) is 5.92 Å². The lowest BCUT2D eigenvalue weighted by molar-refractivity contribution is -0.132. The van der Waals surface area contributed by atoms with Gasteiger partial charge in [-0.1, -0.05) is 19.8 Å². The molecule has 0 aromatic rings. The molecule has 1 rings (SSSR count). The van der Waals surface area contributed by atoms with E-state index in [0.29, 0.717) is 12.8 Å². The molecule has 22 heavy (non-hydrogen) atoms. The molecule has 1 aliphatic rings. The Labute approximate surface area is 132 Å². The first kappa shape index (κ1) is 19.3. The summed E-state index contributed by atoms with van der Waals surface area (Å²) in [7, 11) is -4.25. The molecular weight excluding hydrogens is 305 g/mol. The minimum absolute atomic E-state index is 0.227. The zero-order valence-corrected chi connectivity index (χ0v) is 14.3. The summed E-state index contributed by atoms with van der Waals surface area (Å²) >= 11 is 0. The predicted octanol–water partition coefficient (Wildman–Crippen LogP) is 2.33. The Morgan fingerprint density at radius 1 is 1.09 bits per heavy atom. The minimum Gasteiger partial charge on any atom is -0.343 e. The van der Waals surface area contributed by atoms with E-state index in [4.69, 9.17) is 9.79 Å². The molecule has 1 heterocycles. The van der Waals surface area contributed by atoms with Gasteiger partial charge in [0.25, 0.3) is 0 Å². The van der Waals surface area contributed by atoms with Gasteiger partial charge in [0, 0.05) is 25.4 Å². The molecule has 0 radical (unpaired) electrons. The maximum Gasteiger partial charge on any atom is 0.332 e. The molecule has 1 unspecified atom stereocenters. The summed E-state index contributed by atoms with van der Waals surface area (Å²) in [6.45, 7) is 3.47. The first-order valence-corrected chi connectivity index (χ1v) is 9.94. The van der Waals surface area contributed by atoms with E-state index in [-0.39, 0.29) is 17.6 Å². The van der Waals surface area contributed by atoms with Gasteiger partial charge in [-0.05, 0) is 32.1 Å². The van der Waals surface area contributed by atoms with Crippen molar-refractivity contribution in [2.75, 3.05) is 19.3 Å². The van der Waals surface area contributed by atoms with Crippen LogP contribution in [0.3, 0.4) is 0 Å². The third-order valence-electron chi connectivity index (χ3n) is 4.15. The van der Waals surface area contributed by atoms with Crippen LogP contribution in [-0.2, 0) is 14.2 Å². The second kappa shape index (κ2) is 9.43. The molecule has 0 aromatic heterocycles. The number of likely N-dealkylation sites (tertiary alicyclic amines) is 1. The van der Waals surface area contributed by atoms with E-state index < -0.39 is 13.8 Å².